The van der Waals surface area contributed by atoms with Crippen LogP contribution in [0.4, 0.5) is 0 Å². The van der Waals surface area contributed by atoms with Crippen LogP contribution in [0.25, 0.3) is 11.0 Å². The smallest absolute Gasteiger partial charge is 0.189 e. The zero-order valence-electron chi connectivity index (χ0n) is 7.15. The molecule has 0 bridgehead atoms. The largest absolute Gasteiger partial charge is 0.249 e. The fourth-order valence-electron chi connectivity index (χ4n) is 1.08. The van der Waals surface area contributed by atoms with Crippen molar-refractivity contribution in [1.29, 1.82) is 0 Å². The van der Waals surface area contributed by atoms with Crippen molar-refractivity contribution >= 4 is 34.4 Å². The van der Waals surface area contributed by atoms with E-state index in [-0.39, 0.29) is 0 Å². The van der Waals surface area contributed by atoms with E-state index in [1.165, 1.54) is 11.8 Å². The van der Waals surface area contributed by atoms with E-state index in [0.29, 0.717) is 5.15 Å². The van der Waals surface area contributed by atoms with Gasteiger partial charge < -0.3 is 0 Å². The molecule has 2 heterocycles. The molecule has 0 aromatic carbocycles. The quantitative estimate of drug-likeness (QED) is 0.536. The molecule has 68 valence electrons. The standard InChI is InChI=1S/C7H7ClN4S/c1-12-6-4(5(8)11-12)3-9-7(10-6)13-2/h3H,1-2H3. The number of hydrogen-bond donors (Lipinski definition) is 0. The van der Waals surface area contributed by atoms with Crippen molar-refractivity contribution in [2.45, 2.75) is 5.16 Å². The minimum Gasteiger partial charge on any atom is -0.249 e. The zero-order chi connectivity index (χ0) is 9.42. The Kier molecular flexibility index (Phi) is 2.13. The maximum Gasteiger partial charge on any atom is 0.189 e. The molecule has 0 radical (unpaired) electrons. The minimum atomic E-state index is 0.449. The number of hydrogen-bond acceptors (Lipinski definition) is 4. The normalized spacial score (nSPS) is 11.0. The van der Waals surface area contributed by atoms with E-state index in [0.717, 1.165) is 16.2 Å². The molecule has 0 aliphatic rings. The van der Waals surface area contributed by atoms with Crippen molar-refractivity contribution in [2.75, 3.05) is 6.26 Å². The van der Waals surface area contributed by atoms with Gasteiger partial charge in [0.25, 0.3) is 0 Å². The van der Waals surface area contributed by atoms with Crippen LogP contribution in [0.2, 0.25) is 5.15 Å². The van der Waals surface area contributed by atoms with Crippen LogP contribution >= 0.6 is 23.4 Å². The van der Waals surface area contributed by atoms with Gasteiger partial charge in [-0.3, -0.25) is 0 Å². The lowest BCUT2D eigenvalue weighted by molar-refractivity contribution is 0.778. The molecule has 0 N–H and O–H groups in total. The highest BCUT2D eigenvalue weighted by atomic mass is 35.5. The Bertz CT molecular complexity index is 453. The second kappa shape index (κ2) is 3.16. The van der Waals surface area contributed by atoms with Gasteiger partial charge in [-0.25, -0.2) is 14.6 Å². The molecule has 0 spiro atoms. The molecule has 0 fully saturated rings. The van der Waals surface area contributed by atoms with Gasteiger partial charge in [0.05, 0.1) is 5.39 Å². The van der Waals surface area contributed by atoms with Gasteiger partial charge in [0, 0.05) is 13.2 Å². The maximum atomic E-state index is 5.85. The lowest BCUT2D eigenvalue weighted by Crippen LogP contribution is -1.93. The van der Waals surface area contributed by atoms with Gasteiger partial charge in [-0.2, -0.15) is 5.10 Å². The molecular formula is C7H7ClN4S. The van der Waals surface area contributed by atoms with E-state index in [1.807, 2.05) is 13.3 Å². The van der Waals surface area contributed by atoms with Crippen LogP contribution in [-0.4, -0.2) is 26.0 Å². The van der Waals surface area contributed by atoms with Gasteiger partial charge in [0.2, 0.25) is 0 Å². The summed E-state index contributed by atoms with van der Waals surface area (Å²) < 4.78 is 1.65. The molecule has 0 saturated carbocycles. The van der Waals surface area contributed by atoms with Gasteiger partial charge >= 0.3 is 0 Å². The number of aryl methyl sites for hydroxylation is 1. The average molecular weight is 215 g/mol. The first-order chi connectivity index (χ1) is 6.22. The summed E-state index contributed by atoms with van der Waals surface area (Å²) in [7, 11) is 1.81. The van der Waals surface area contributed by atoms with Crippen LogP contribution < -0.4 is 0 Å². The number of rotatable bonds is 1. The Morgan fingerprint density at radius 1 is 1.54 bits per heavy atom. The van der Waals surface area contributed by atoms with Crippen LogP contribution in [-0.2, 0) is 7.05 Å². The molecule has 0 unspecified atom stereocenters. The van der Waals surface area contributed by atoms with Gasteiger partial charge in [0.1, 0.15) is 0 Å². The summed E-state index contributed by atoms with van der Waals surface area (Å²) in [6, 6.07) is 0. The highest BCUT2D eigenvalue weighted by Crippen LogP contribution is 2.21. The van der Waals surface area contributed by atoms with Crippen LogP contribution in [0, 0.1) is 0 Å². The Morgan fingerprint density at radius 2 is 2.31 bits per heavy atom. The molecule has 0 amide bonds. The maximum absolute atomic E-state index is 5.85. The van der Waals surface area contributed by atoms with Crippen LogP contribution in [0.3, 0.4) is 0 Å². The second-order valence-electron chi connectivity index (χ2n) is 2.51. The number of fused-ring (bicyclic) bond motifs is 1. The first-order valence-corrected chi connectivity index (χ1v) is 5.22. The number of halogens is 1. The van der Waals surface area contributed by atoms with Crippen LogP contribution in [0.15, 0.2) is 11.4 Å². The topological polar surface area (TPSA) is 43.6 Å². The summed E-state index contributed by atoms with van der Waals surface area (Å²) in [4.78, 5) is 8.40. The number of aromatic nitrogens is 4. The van der Waals surface area contributed by atoms with Crippen molar-refractivity contribution in [1.82, 2.24) is 19.7 Å². The Hall–Kier alpha value is -0.810. The van der Waals surface area contributed by atoms with Crippen molar-refractivity contribution in [3.05, 3.63) is 11.3 Å². The predicted molar refractivity (Wildman–Crippen MR) is 53.1 cm³/mol. The summed E-state index contributed by atoms with van der Waals surface area (Å²) in [5, 5.41) is 6.01. The molecule has 0 aliphatic heterocycles. The van der Waals surface area contributed by atoms with Crippen molar-refractivity contribution in [2.24, 2.45) is 7.05 Å². The van der Waals surface area contributed by atoms with Gasteiger partial charge in [-0.1, -0.05) is 23.4 Å². The van der Waals surface area contributed by atoms with Crippen molar-refractivity contribution < 1.29 is 0 Å². The third kappa shape index (κ3) is 1.38. The molecular weight excluding hydrogens is 208 g/mol. The van der Waals surface area contributed by atoms with Gasteiger partial charge in [0.15, 0.2) is 16.0 Å². The first-order valence-electron chi connectivity index (χ1n) is 3.61. The summed E-state index contributed by atoms with van der Waals surface area (Å²) >= 11 is 7.35. The molecule has 0 aliphatic carbocycles. The molecule has 4 nitrogen and oxygen atoms in total. The molecule has 2 aromatic heterocycles. The summed E-state index contributed by atoms with van der Waals surface area (Å²) in [5.41, 5.74) is 0.768. The average Bonchev–Trinajstić information content (AvgIpc) is 2.42. The highest BCUT2D eigenvalue weighted by Gasteiger charge is 2.08. The van der Waals surface area contributed by atoms with E-state index < -0.39 is 0 Å². The third-order valence-electron chi connectivity index (χ3n) is 1.70. The molecule has 13 heavy (non-hydrogen) atoms. The lowest BCUT2D eigenvalue weighted by Gasteiger charge is -1.95. The van der Waals surface area contributed by atoms with Crippen LogP contribution in [0.5, 0.6) is 0 Å². The van der Waals surface area contributed by atoms with E-state index in [1.54, 1.807) is 10.9 Å². The van der Waals surface area contributed by atoms with E-state index >= 15 is 0 Å². The fraction of sp³-hybridized carbons (Fsp3) is 0.286. The van der Waals surface area contributed by atoms with E-state index in [2.05, 4.69) is 15.1 Å². The monoisotopic (exact) mass is 214 g/mol. The number of thioether (sulfide) groups is 1. The highest BCUT2D eigenvalue weighted by molar-refractivity contribution is 7.98. The second-order valence-corrected chi connectivity index (χ2v) is 3.64. The number of nitrogens with zero attached hydrogens (tertiary/aromatic N) is 4. The summed E-state index contributed by atoms with van der Waals surface area (Å²) in [6.45, 7) is 0. The Morgan fingerprint density at radius 3 is 3.00 bits per heavy atom. The molecule has 6 heteroatoms. The summed E-state index contributed by atoms with van der Waals surface area (Å²) in [5.74, 6) is 0. The third-order valence-corrected chi connectivity index (χ3v) is 2.54. The lowest BCUT2D eigenvalue weighted by atomic mass is 10.4. The Balaban J connectivity index is 2.76. The molecule has 0 atom stereocenters. The Labute approximate surface area is 84.3 Å². The fourth-order valence-corrected chi connectivity index (χ4v) is 1.66. The summed E-state index contributed by atoms with van der Waals surface area (Å²) in [6.07, 6.45) is 3.63. The van der Waals surface area contributed by atoms with Gasteiger partial charge in [-0.15, -0.1) is 0 Å². The van der Waals surface area contributed by atoms with Gasteiger partial charge in [-0.05, 0) is 6.26 Å². The predicted octanol–water partition coefficient (Wildman–Crippen LogP) is 1.74. The van der Waals surface area contributed by atoms with Crippen LogP contribution in [0.1, 0.15) is 0 Å². The molecule has 0 saturated heterocycles. The van der Waals surface area contributed by atoms with Crippen molar-refractivity contribution in [3.8, 4) is 0 Å². The molecule has 2 rings (SSSR count). The zero-order valence-corrected chi connectivity index (χ0v) is 8.72. The van der Waals surface area contributed by atoms with E-state index in [4.69, 9.17) is 11.6 Å². The van der Waals surface area contributed by atoms with Crippen molar-refractivity contribution in [3.63, 3.8) is 0 Å². The SMILES string of the molecule is CSc1ncc2c(Cl)nn(C)c2n1. The van der Waals surface area contributed by atoms with E-state index in [9.17, 15) is 0 Å². The minimum absolute atomic E-state index is 0.449. The first kappa shape index (κ1) is 8.77. The molecule has 2 aromatic rings.